The maximum absolute atomic E-state index is 12.5. The van der Waals surface area contributed by atoms with Crippen LogP contribution < -0.4 is 10.1 Å². The van der Waals surface area contributed by atoms with E-state index in [1.165, 1.54) is 43.3 Å². The molecule has 0 radical (unpaired) electrons. The SMILES string of the molecule is CC(=O)c1ccc(OC(F)F)c(NC(=O)c2ccccc2C(=O)O)c1. The van der Waals surface area contributed by atoms with Crippen molar-refractivity contribution in [2.24, 2.45) is 0 Å². The van der Waals surface area contributed by atoms with Crippen LogP contribution in [0.25, 0.3) is 0 Å². The summed E-state index contributed by atoms with van der Waals surface area (Å²) in [5.74, 6) is -2.84. The fraction of sp³-hybridized carbons (Fsp3) is 0.118. The minimum absolute atomic E-state index is 0.161. The van der Waals surface area contributed by atoms with Crippen molar-refractivity contribution >= 4 is 23.3 Å². The number of carbonyl (C=O) groups excluding carboxylic acids is 2. The lowest BCUT2D eigenvalue weighted by molar-refractivity contribution is -0.0493. The van der Waals surface area contributed by atoms with E-state index in [1.807, 2.05) is 0 Å². The smallest absolute Gasteiger partial charge is 0.387 e. The van der Waals surface area contributed by atoms with Crippen molar-refractivity contribution in [2.45, 2.75) is 13.5 Å². The normalized spacial score (nSPS) is 10.4. The number of carboxylic acid groups (broad SMARTS) is 1. The molecule has 1 amide bonds. The molecule has 2 rings (SSSR count). The minimum atomic E-state index is -3.13. The Morgan fingerprint density at radius 1 is 1.08 bits per heavy atom. The van der Waals surface area contributed by atoms with E-state index in [9.17, 15) is 23.2 Å². The number of halogens is 2. The molecule has 0 saturated heterocycles. The van der Waals surface area contributed by atoms with Gasteiger partial charge in [-0.25, -0.2) is 4.79 Å². The first-order valence-corrected chi connectivity index (χ1v) is 7.03. The topological polar surface area (TPSA) is 92.7 Å². The van der Waals surface area contributed by atoms with Crippen LogP contribution in [0.5, 0.6) is 5.75 Å². The summed E-state index contributed by atoms with van der Waals surface area (Å²) in [6.07, 6.45) is 0. The first-order valence-electron chi connectivity index (χ1n) is 7.03. The average molecular weight is 349 g/mol. The molecule has 0 bridgehead atoms. The summed E-state index contributed by atoms with van der Waals surface area (Å²) in [7, 11) is 0. The molecule has 0 aliphatic heterocycles. The number of ether oxygens (including phenoxy) is 1. The summed E-state index contributed by atoms with van der Waals surface area (Å²) in [5.41, 5.74) is -0.410. The number of nitrogens with one attached hydrogen (secondary N) is 1. The summed E-state index contributed by atoms with van der Waals surface area (Å²) >= 11 is 0. The number of Topliss-reactive ketones (excluding diaryl/α,β-unsaturated/α-hetero) is 1. The first-order chi connectivity index (χ1) is 11.8. The Balaban J connectivity index is 2.41. The fourth-order valence-corrected chi connectivity index (χ4v) is 2.10. The van der Waals surface area contributed by atoms with Crippen LogP contribution in [0.4, 0.5) is 14.5 Å². The number of amides is 1. The molecule has 0 aliphatic carbocycles. The van der Waals surface area contributed by atoms with E-state index in [-0.39, 0.29) is 33.9 Å². The highest BCUT2D eigenvalue weighted by atomic mass is 19.3. The Labute approximate surface area is 141 Å². The number of carboxylic acids is 1. The first kappa shape index (κ1) is 18.1. The van der Waals surface area contributed by atoms with Crippen molar-refractivity contribution in [3.8, 4) is 5.75 Å². The summed E-state index contributed by atoms with van der Waals surface area (Å²) < 4.78 is 29.3. The maximum Gasteiger partial charge on any atom is 0.387 e. The predicted octanol–water partition coefficient (Wildman–Crippen LogP) is 3.44. The summed E-state index contributed by atoms with van der Waals surface area (Å²) in [6.45, 7) is -1.86. The lowest BCUT2D eigenvalue weighted by Crippen LogP contribution is -2.17. The van der Waals surface area contributed by atoms with Crippen LogP contribution in [-0.4, -0.2) is 29.4 Å². The molecule has 2 aromatic carbocycles. The molecule has 25 heavy (non-hydrogen) atoms. The fourth-order valence-electron chi connectivity index (χ4n) is 2.10. The van der Waals surface area contributed by atoms with Gasteiger partial charge in [-0.3, -0.25) is 9.59 Å². The van der Waals surface area contributed by atoms with Crippen molar-refractivity contribution in [2.75, 3.05) is 5.32 Å². The van der Waals surface area contributed by atoms with Gasteiger partial charge in [-0.05, 0) is 37.3 Å². The molecule has 0 aliphatic rings. The van der Waals surface area contributed by atoms with E-state index in [0.717, 1.165) is 6.07 Å². The third-order valence-corrected chi connectivity index (χ3v) is 3.25. The van der Waals surface area contributed by atoms with Gasteiger partial charge in [-0.2, -0.15) is 8.78 Å². The van der Waals surface area contributed by atoms with Crippen LogP contribution >= 0.6 is 0 Å². The van der Waals surface area contributed by atoms with Crippen LogP contribution in [0.3, 0.4) is 0 Å². The molecule has 130 valence electrons. The van der Waals surface area contributed by atoms with Gasteiger partial charge in [0.05, 0.1) is 16.8 Å². The van der Waals surface area contributed by atoms with E-state index < -0.39 is 18.5 Å². The molecule has 0 spiro atoms. The summed E-state index contributed by atoms with van der Waals surface area (Å²) in [4.78, 5) is 35.0. The molecule has 0 unspecified atom stereocenters. The lowest BCUT2D eigenvalue weighted by atomic mass is 10.1. The van der Waals surface area contributed by atoms with Crippen molar-refractivity contribution in [1.82, 2.24) is 0 Å². The molecule has 2 N–H and O–H groups in total. The van der Waals surface area contributed by atoms with Crippen LogP contribution in [0.1, 0.15) is 38.0 Å². The highest BCUT2D eigenvalue weighted by molar-refractivity contribution is 6.11. The largest absolute Gasteiger partial charge is 0.478 e. The molecule has 0 heterocycles. The zero-order chi connectivity index (χ0) is 18.6. The quantitative estimate of drug-likeness (QED) is 0.779. The van der Waals surface area contributed by atoms with E-state index in [2.05, 4.69) is 10.1 Å². The molecular weight excluding hydrogens is 336 g/mol. The third kappa shape index (κ3) is 4.37. The van der Waals surface area contributed by atoms with Gasteiger partial charge in [0.15, 0.2) is 5.78 Å². The molecule has 2 aromatic rings. The summed E-state index contributed by atoms with van der Waals surface area (Å²) in [6, 6.07) is 9.01. The van der Waals surface area contributed by atoms with Gasteiger partial charge in [0.2, 0.25) is 0 Å². The lowest BCUT2D eigenvalue weighted by Gasteiger charge is -2.13. The van der Waals surface area contributed by atoms with Gasteiger partial charge in [-0.1, -0.05) is 12.1 Å². The molecule has 0 atom stereocenters. The number of ketones is 1. The Hall–Kier alpha value is -3.29. The summed E-state index contributed by atoms with van der Waals surface area (Å²) in [5, 5.41) is 11.4. The highest BCUT2D eigenvalue weighted by Crippen LogP contribution is 2.28. The average Bonchev–Trinajstić information content (AvgIpc) is 2.55. The zero-order valence-electron chi connectivity index (χ0n) is 13.0. The Kier molecular flexibility index (Phi) is 5.43. The molecular formula is C17H13F2NO5. The van der Waals surface area contributed by atoms with Crippen LogP contribution in [0.2, 0.25) is 0 Å². The monoisotopic (exact) mass is 349 g/mol. The van der Waals surface area contributed by atoms with Gasteiger partial charge >= 0.3 is 12.6 Å². The number of hydrogen-bond donors (Lipinski definition) is 2. The Bertz CT molecular complexity index is 836. The number of benzene rings is 2. The van der Waals surface area contributed by atoms with Crippen molar-refractivity contribution < 1.29 is 33.0 Å². The molecule has 6 nitrogen and oxygen atoms in total. The number of hydrogen-bond acceptors (Lipinski definition) is 4. The Morgan fingerprint density at radius 3 is 2.28 bits per heavy atom. The van der Waals surface area contributed by atoms with E-state index in [4.69, 9.17) is 5.11 Å². The number of carbonyl (C=O) groups is 3. The van der Waals surface area contributed by atoms with Gasteiger partial charge in [0.25, 0.3) is 5.91 Å². The number of aromatic carboxylic acids is 1. The van der Waals surface area contributed by atoms with Crippen molar-refractivity contribution in [1.29, 1.82) is 0 Å². The van der Waals surface area contributed by atoms with Crippen LogP contribution in [0, 0.1) is 0 Å². The number of alkyl halides is 2. The zero-order valence-corrected chi connectivity index (χ0v) is 13.0. The predicted molar refractivity (Wildman–Crippen MR) is 84.4 cm³/mol. The third-order valence-electron chi connectivity index (χ3n) is 3.25. The highest BCUT2D eigenvalue weighted by Gasteiger charge is 2.19. The van der Waals surface area contributed by atoms with Gasteiger partial charge in [0, 0.05) is 5.56 Å². The molecule has 8 heteroatoms. The maximum atomic E-state index is 12.5. The molecule has 0 fully saturated rings. The Morgan fingerprint density at radius 2 is 1.72 bits per heavy atom. The van der Waals surface area contributed by atoms with Gasteiger partial charge in [0.1, 0.15) is 5.75 Å². The number of rotatable bonds is 6. The van der Waals surface area contributed by atoms with Crippen LogP contribution in [-0.2, 0) is 0 Å². The number of anilines is 1. The second-order valence-corrected chi connectivity index (χ2v) is 4.95. The standard InChI is InChI=1S/C17H13F2NO5/c1-9(21)10-6-7-14(25-17(18)19)13(8-10)20-15(22)11-4-2-3-5-12(11)16(23)24/h2-8,17H,1H3,(H,20,22)(H,23,24). The second kappa shape index (κ2) is 7.52. The van der Waals surface area contributed by atoms with E-state index >= 15 is 0 Å². The van der Waals surface area contributed by atoms with Gasteiger partial charge in [-0.15, -0.1) is 0 Å². The minimum Gasteiger partial charge on any atom is -0.478 e. The van der Waals surface area contributed by atoms with Crippen LogP contribution in [0.15, 0.2) is 42.5 Å². The van der Waals surface area contributed by atoms with Crippen molar-refractivity contribution in [3.05, 3.63) is 59.2 Å². The van der Waals surface area contributed by atoms with E-state index in [0.29, 0.717) is 0 Å². The second-order valence-electron chi connectivity index (χ2n) is 4.95. The van der Waals surface area contributed by atoms with E-state index in [1.54, 1.807) is 0 Å². The molecule has 0 aromatic heterocycles. The molecule has 0 saturated carbocycles. The van der Waals surface area contributed by atoms with Gasteiger partial charge < -0.3 is 15.2 Å². The van der Waals surface area contributed by atoms with Crippen molar-refractivity contribution in [3.63, 3.8) is 0 Å².